The van der Waals surface area contributed by atoms with Crippen LogP contribution in [0.5, 0.6) is 0 Å². The van der Waals surface area contributed by atoms with Crippen molar-refractivity contribution in [3.8, 4) is 22.5 Å². The summed E-state index contributed by atoms with van der Waals surface area (Å²) in [6.45, 7) is 4.14. The van der Waals surface area contributed by atoms with Crippen LogP contribution in [0.15, 0.2) is 102 Å². The van der Waals surface area contributed by atoms with E-state index in [0.717, 1.165) is 44.5 Å². The smallest absolute Gasteiger partial charge is 0.121 e. The molecular formula is C30H22IrN2O-2. The van der Waals surface area contributed by atoms with E-state index in [9.17, 15) is 0 Å². The Labute approximate surface area is 212 Å². The Bertz CT molecular complexity index is 1530. The zero-order valence-corrected chi connectivity index (χ0v) is 21.3. The standard InChI is InChI=1S/C18H12NO.C12H10N.Ir/c1-12-8-9-13-14-5-4-6-15(16-7-2-3-10-19-16)18(14)20-17(13)11-12;1-10-5-4-6-11(9-10)12-7-2-3-8-13-12;/h2-5,7-11H,1H3;2-5,7-9H,1H3;/q2*-1;. The van der Waals surface area contributed by atoms with Crippen molar-refractivity contribution in [3.05, 3.63) is 121 Å². The number of furan rings is 1. The van der Waals surface area contributed by atoms with Crippen molar-refractivity contribution in [2.24, 2.45) is 0 Å². The van der Waals surface area contributed by atoms with Gasteiger partial charge in [0, 0.05) is 37.9 Å². The van der Waals surface area contributed by atoms with Gasteiger partial charge in [0.15, 0.2) is 0 Å². The molecule has 0 saturated carbocycles. The predicted molar refractivity (Wildman–Crippen MR) is 134 cm³/mol. The molecule has 0 unspecified atom stereocenters. The molecule has 0 atom stereocenters. The van der Waals surface area contributed by atoms with Gasteiger partial charge in [0.25, 0.3) is 0 Å². The van der Waals surface area contributed by atoms with Gasteiger partial charge in [-0.05, 0) is 42.1 Å². The second kappa shape index (κ2) is 10.6. The first-order valence-corrected chi connectivity index (χ1v) is 10.8. The maximum Gasteiger partial charge on any atom is 0.121 e. The van der Waals surface area contributed by atoms with Gasteiger partial charge in [0.1, 0.15) is 5.58 Å². The van der Waals surface area contributed by atoms with Gasteiger partial charge >= 0.3 is 0 Å². The van der Waals surface area contributed by atoms with E-state index in [4.69, 9.17) is 4.42 Å². The number of nitrogens with zero attached hydrogens (tertiary/aromatic N) is 2. The molecular weight excluding hydrogens is 597 g/mol. The molecule has 34 heavy (non-hydrogen) atoms. The van der Waals surface area contributed by atoms with Crippen molar-refractivity contribution in [3.63, 3.8) is 0 Å². The first-order chi connectivity index (χ1) is 16.2. The first kappa shape index (κ1) is 23.6. The quantitative estimate of drug-likeness (QED) is 0.188. The molecule has 0 bridgehead atoms. The maximum atomic E-state index is 6.05. The average molecular weight is 619 g/mol. The van der Waals surface area contributed by atoms with Crippen molar-refractivity contribution < 1.29 is 24.5 Å². The number of aryl methyl sites for hydroxylation is 2. The predicted octanol–water partition coefficient (Wildman–Crippen LogP) is 7.61. The van der Waals surface area contributed by atoms with Gasteiger partial charge < -0.3 is 14.4 Å². The Hall–Kier alpha value is -3.59. The Balaban J connectivity index is 0.000000171. The van der Waals surface area contributed by atoms with Crippen LogP contribution in [-0.4, -0.2) is 9.97 Å². The molecule has 1 radical (unpaired) electrons. The summed E-state index contributed by atoms with van der Waals surface area (Å²) in [6.07, 6.45) is 3.58. The SMILES string of the molecule is Cc1cc[c-]c(-c2ccccn2)c1.Cc1ccc2c(c1)oc1c(-c3ccccn3)[c-]ccc12.[Ir]. The van der Waals surface area contributed by atoms with Gasteiger partial charge in [-0.1, -0.05) is 54.3 Å². The summed E-state index contributed by atoms with van der Waals surface area (Å²) in [5.41, 5.74) is 8.03. The summed E-state index contributed by atoms with van der Waals surface area (Å²) in [5.74, 6) is 0. The van der Waals surface area contributed by atoms with E-state index < -0.39 is 0 Å². The number of pyridine rings is 2. The van der Waals surface area contributed by atoms with Crippen LogP contribution in [0.25, 0.3) is 44.5 Å². The monoisotopic (exact) mass is 619 g/mol. The maximum absolute atomic E-state index is 6.05. The molecule has 0 aliphatic carbocycles. The molecule has 3 heterocycles. The minimum absolute atomic E-state index is 0. The molecule has 3 aromatic heterocycles. The minimum atomic E-state index is 0. The molecule has 0 N–H and O–H groups in total. The van der Waals surface area contributed by atoms with E-state index in [1.807, 2.05) is 60.7 Å². The van der Waals surface area contributed by atoms with Crippen molar-refractivity contribution in [2.45, 2.75) is 13.8 Å². The summed E-state index contributed by atoms with van der Waals surface area (Å²) in [5, 5.41) is 2.25. The molecule has 0 saturated heterocycles. The van der Waals surface area contributed by atoms with Gasteiger partial charge in [-0.15, -0.1) is 53.6 Å². The van der Waals surface area contributed by atoms with Crippen LogP contribution in [0.4, 0.5) is 0 Å². The van der Waals surface area contributed by atoms with Crippen molar-refractivity contribution in [2.75, 3.05) is 0 Å². The van der Waals surface area contributed by atoms with E-state index in [2.05, 4.69) is 60.2 Å². The summed E-state index contributed by atoms with van der Waals surface area (Å²) >= 11 is 0. The van der Waals surface area contributed by atoms with Crippen LogP contribution < -0.4 is 0 Å². The summed E-state index contributed by atoms with van der Waals surface area (Å²) in [4.78, 5) is 8.65. The van der Waals surface area contributed by atoms with E-state index >= 15 is 0 Å². The second-order valence-electron chi connectivity index (χ2n) is 7.91. The van der Waals surface area contributed by atoms with Crippen LogP contribution in [0.2, 0.25) is 0 Å². The largest absolute Gasteiger partial charge is 0.501 e. The summed E-state index contributed by atoms with van der Waals surface area (Å²) in [6, 6.07) is 34.5. The van der Waals surface area contributed by atoms with Gasteiger partial charge in [-0.2, -0.15) is 0 Å². The van der Waals surface area contributed by atoms with Crippen LogP contribution >= 0.6 is 0 Å². The van der Waals surface area contributed by atoms with Gasteiger partial charge in [-0.3, -0.25) is 0 Å². The normalized spacial score (nSPS) is 10.4. The number of fused-ring (bicyclic) bond motifs is 3. The third-order valence-corrected chi connectivity index (χ3v) is 5.41. The Morgan fingerprint density at radius 1 is 0.676 bits per heavy atom. The molecule has 6 rings (SSSR count). The Kier molecular flexibility index (Phi) is 7.32. The molecule has 3 nitrogen and oxygen atoms in total. The fourth-order valence-electron chi connectivity index (χ4n) is 3.80. The Morgan fingerprint density at radius 2 is 1.38 bits per heavy atom. The second-order valence-corrected chi connectivity index (χ2v) is 7.91. The van der Waals surface area contributed by atoms with Crippen LogP contribution in [0.3, 0.4) is 0 Å². The van der Waals surface area contributed by atoms with Crippen LogP contribution in [-0.2, 0) is 20.1 Å². The van der Waals surface area contributed by atoms with E-state index in [0.29, 0.717) is 0 Å². The number of aromatic nitrogens is 2. The molecule has 0 spiro atoms. The van der Waals surface area contributed by atoms with Crippen LogP contribution in [0.1, 0.15) is 11.1 Å². The van der Waals surface area contributed by atoms with E-state index in [1.165, 1.54) is 11.1 Å². The zero-order valence-electron chi connectivity index (χ0n) is 18.9. The van der Waals surface area contributed by atoms with Crippen LogP contribution in [0, 0.1) is 26.0 Å². The van der Waals surface area contributed by atoms with Crippen molar-refractivity contribution in [1.29, 1.82) is 0 Å². The molecule has 169 valence electrons. The fourth-order valence-corrected chi connectivity index (χ4v) is 3.80. The zero-order chi connectivity index (χ0) is 22.6. The number of hydrogen-bond donors (Lipinski definition) is 0. The van der Waals surface area contributed by atoms with E-state index in [-0.39, 0.29) is 20.1 Å². The molecule has 0 aliphatic rings. The minimum Gasteiger partial charge on any atom is -0.501 e. The molecule has 0 amide bonds. The van der Waals surface area contributed by atoms with Gasteiger partial charge in [0.05, 0.1) is 5.58 Å². The summed E-state index contributed by atoms with van der Waals surface area (Å²) < 4.78 is 6.05. The molecule has 6 aromatic rings. The molecule has 3 aromatic carbocycles. The molecule has 0 fully saturated rings. The third-order valence-electron chi connectivity index (χ3n) is 5.41. The van der Waals surface area contributed by atoms with E-state index in [1.54, 1.807) is 12.4 Å². The Morgan fingerprint density at radius 3 is 2.09 bits per heavy atom. The molecule has 0 aliphatic heterocycles. The number of rotatable bonds is 2. The number of benzene rings is 3. The molecule has 4 heteroatoms. The van der Waals surface area contributed by atoms with Crippen molar-refractivity contribution in [1.82, 2.24) is 9.97 Å². The summed E-state index contributed by atoms with van der Waals surface area (Å²) in [7, 11) is 0. The van der Waals surface area contributed by atoms with Gasteiger partial charge in [-0.25, -0.2) is 0 Å². The third kappa shape index (κ3) is 4.99. The fraction of sp³-hybridized carbons (Fsp3) is 0.0667. The van der Waals surface area contributed by atoms with Crippen molar-refractivity contribution >= 4 is 21.9 Å². The topological polar surface area (TPSA) is 38.9 Å². The first-order valence-electron chi connectivity index (χ1n) is 10.8. The average Bonchev–Trinajstić information content (AvgIpc) is 3.23. The number of hydrogen-bond acceptors (Lipinski definition) is 3. The van der Waals surface area contributed by atoms with Gasteiger partial charge in [0.2, 0.25) is 0 Å².